The van der Waals surface area contributed by atoms with E-state index in [0.717, 1.165) is 16.4 Å². The van der Waals surface area contributed by atoms with Crippen LogP contribution in [0, 0.1) is 11.6 Å². The minimum atomic E-state index is -4.12. The van der Waals surface area contributed by atoms with Gasteiger partial charge in [-0.2, -0.15) is 4.31 Å². The third kappa shape index (κ3) is 4.16. The standard InChI is InChI=1S/C17H14BrClF2N2O3S/c18-11-1-3-14(19)13(9-11)17(24)22-5-7-23(8-6-22)27(25,26)16-4-2-12(20)10-15(16)21/h1-4,9-10H,5-8H2. The molecule has 0 radical (unpaired) electrons. The molecule has 10 heteroatoms. The summed E-state index contributed by atoms with van der Waals surface area (Å²) in [5.74, 6) is -2.31. The summed E-state index contributed by atoms with van der Waals surface area (Å²) in [4.78, 5) is 13.5. The summed E-state index contributed by atoms with van der Waals surface area (Å²) in [6, 6.07) is 7.23. The smallest absolute Gasteiger partial charge is 0.255 e. The van der Waals surface area contributed by atoms with Gasteiger partial charge in [0.1, 0.15) is 16.5 Å². The maximum Gasteiger partial charge on any atom is 0.255 e. The maximum absolute atomic E-state index is 13.9. The number of sulfonamides is 1. The van der Waals surface area contributed by atoms with Crippen molar-refractivity contribution in [2.24, 2.45) is 0 Å². The summed E-state index contributed by atoms with van der Waals surface area (Å²) in [6.07, 6.45) is 0. The SMILES string of the molecule is O=C(c1cc(Br)ccc1Cl)N1CCN(S(=O)(=O)c2ccc(F)cc2F)CC1. The first-order valence-corrected chi connectivity index (χ1v) is 10.5. The van der Waals surface area contributed by atoms with Gasteiger partial charge in [0.2, 0.25) is 10.0 Å². The number of rotatable bonds is 3. The van der Waals surface area contributed by atoms with Crippen molar-refractivity contribution in [3.05, 3.63) is 63.1 Å². The molecule has 5 nitrogen and oxygen atoms in total. The van der Waals surface area contributed by atoms with Crippen molar-refractivity contribution in [2.45, 2.75) is 4.90 Å². The molecule has 0 spiro atoms. The van der Waals surface area contributed by atoms with Crippen LogP contribution < -0.4 is 0 Å². The highest BCUT2D eigenvalue weighted by Gasteiger charge is 2.32. The van der Waals surface area contributed by atoms with Gasteiger partial charge >= 0.3 is 0 Å². The third-order valence-electron chi connectivity index (χ3n) is 4.20. The molecule has 1 saturated heterocycles. The van der Waals surface area contributed by atoms with E-state index in [9.17, 15) is 22.0 Å². The fourth-order valence-electron chi connectivity index (χ4n) is 2.79. The van der Waals surface area contributed by atoms with Gasteiger partial charge in [0.15, 0.2) is 0 Å². The predicted molar refractivity (Wildman–Crippen MR) is 100 cm³/mol. The normalized spacial score (nSPS) is 15.8. The predicted octanol–water partition coefficient (Wildman–Crippen LogP) is 3.53. The Bertz CT molecular complexity index is 996. The van der Waals surface area contributed by atoms with Crippen LogP contribution in [0.5, 0.6) is 0 Å². The Morgan fingerprint density at radius 1 is 1.04 bits per heavy atom. The van der Waals surface area contributed by atoms with E-state index in [1.807, 2.05) is 0 Å². The third-order valence-corrected chi connectivity index (χ3v) is 6.95. The number of carbonyl (C=O) groups is 1. The topological polar surface area (TPSA) is 57.7 Å². The number of nitrogens with zero attached hydrogens (tertiary/aromatic N) is 2. The second-order valence-electron chi connectivity index (χ2n) is 5.90. The molecule has 2 aromatic carbocycles. The van der Waals surface area contributed by atoms with Crippen LogP contribution in [0.3, 0.4) is 0 Å². The molecule has 1 aliphatic rings. The van der Waals surface area contributed by atoms with Crippen molar-refractivity contribution in [3.8, 4) is 0 Å². The Morgan fingerprint density at radius 3 is 2.33 bits per heavy atom. The van der Waals surface area contributed by atoms with Gasteiger partial charge in [0.25, 0.3) is 5.91 Å². The van der Waals surface area contributed by atoms with Crippen molar-refractivity contribution in [3.63, 3.8) is 0 Å². The van der Waals surface area contributed by atoms with Crippen LogP contribution in [0.15, 0.2) is 45.8 Å². The molecule has 0 unspecified atom stereocenters. The molecule has 0 N–H and O–H groups in total. The first-order chi connectivity index (χ1) is 12.7. The minimum Gasteiger partial charge on any atom is -0.336 e. The lowest BCUT2D eigenvalue weighted by Crippen LogP contribution is -2.50. The zero-order valence-corrected chi connectivity index (χ0v) is 17.0. The molecule has 0 aliphatic carbocycles. The van der Waals surface area contributed by atoms with Crippen LogP contribution in [-0.4, -0.2) is 49.7 Å². The second-order valence-corrected chi connectivity index (χ2v) is 9.12. The quantitative estimate of drug-likeness (QED) is 0.677. The highest BCUT2D eigenvalue weighted by Crippen LogP contribution is 2.25. The maximum atomic E-state index is 13.9. The van der Waals surface area contributed by atoms with Gasteiger partial charge in [-0.25, -0.2) is 17.2 Å². The number of carbonyl (C=O) groups excluding carboxylic acids is 1. The van der Waals surface area contributed by atoms with E-state index in [1.54, 1.807) is 18.2 Å². The summed E-state index contributed by atoms with van der Waals surface area (Å²) in [6.45, 7) is 0.250. The van der Waals surface area contributed by atoms with Gasteiger partial charge in [0, 0.05) is 36.7 Å². The summed E-state index contributed by atoms with van der Waals surface area (Å²) in [5.41, 5.74) is 0.312. The molecular weight excluding hydrogens is 466 g/mol. The van der Waals surface area contributed by atoms with E-state index in [0.29, 0.717) is 21.1 Å². The average molecular weight is 480 g/mol. The van der Waals surface area contributed by atoms with Crippen molar-refractivity contribution < 1.29 is 22.0 Å². The van der Waals surface area contributed by atoms with Gasteiger partial charge in [-0.05, 0) is 30.3 Å². The molecule has 1 amide bonds. The largest absolute Gasteiger partial charge is 0.336 e. The number of hydrogen-bond donors (Lipinski definition) is 0. The molecule has 27 heavy (non-hydrogen) atoms. The first kappa shape index (κ1) is 20.2. The van der Waals surface area contributed by atoms with E-state index in [1.165, 1.54) is 4.90 Å². The van der Waals surface area contributed by atoms with Gasteiger partial charge in [-0.3, -0.25) is 4.79 Å². The number of hydrogen-bond acceptors (Lipinski definition) is 3. The second kappa shape index (κ2) is 7.83. The fourth-order valence-corrected chi connectivity index (χ4v) is 4.81. The van der Waals surface area contributed by atoms with Crippen molar-refractivity contribution >= 4 is 43.5 Å². The Morgan fingerprint density at radius 2 is 1.70 bits per heavy atom. The minimum absolute atomic E-state index is 0.00346. The summed E-state index contributed by atoms with van der Waals surface area (Å²) < 4.78 is 53.9. The van der Waals surface area contributed by atoms with Crippen LogP contribution in [0.25, 0.3) is 0 Å². The molecule has 0 aromatic heterocycles. The molecule has 1 heterocycles. The number of amides is 1. The highest BCUT2D eigenvalue weighted by molar-refractivity contribution is 9.10. The van der Waals surface area contributed by atoms with E-state index in [-0.39, 0.29) is 32.1 Å². The molecule has 3 rings (SSSR count). The van der Waals surface area contributed by atoms with Crippen molar-refractivity contribution in [1.82, 2.24) is 9.21 Å². The zero-order valence-electron chi connectivity index (χ0n) is 13.8. The molecule has 2 aromatic rings. The van der Waals surface area contributed by atoms with E-state index in [2.05, 4.69) is 15.9 Å². The molecule has 0 bridgehead atoms. The fraction of sp³-hybridized carbons (Fsp3) is 0.235. The first-order valence-electron chi connectivity index (χ1n) is 7.89. The Balaban J connectivity index is 1.75. The molecule has 0 atom stereocenters. The van der Waals surface area contributed by atoms with Gasteiger partial charge in [0.05, 0.1) is 10.6 Å². The van der Waals surface area contributed by atoms with E-state index >= 15 is 0 Å². The van der Waals surface area contributed by atoms with Crippen LogP contribution >= 0.6 is 27.5 Å². The number of benzene rings is 2. The van der Waals surface area contributed by atoms with Crippen molar-refractivity contribution in [1.29, 1.82) is 0 Å². The van der Waals surface area contributed by atoms with Crippen LogP contribution in [0.1, 0.15) is 10.4 Å². The van der Waals surface area contributed by atoms with Crippen LogP contribution in [0.4, 0.5) is 8.78 Å². The molecule has 0 saturated carbocycles. The van der Waals surface area contributed by atoms with Gasteiger partial charge in [-0.15, -0.1) is 0 Å². The zero-order chi connectivity index (χ0) is 19.8. The van der Waals surface area contributed by atoms with Gasteiger partial charge < -0.3 is 4.90 Å². The Hall–Kier alpha value is -1.55. The van der Waals surface area contributed by atoms with Crippen molar-refractivity contribution in [2.75, 3.05) is 26.2 Å². The Labute approximate surface area is 168 Å². The van der Waals surface area contributed by atoms with Crippen LogP contribution in [0.2, 0.25) is 5.02 Å². The molecule has 1 fully saturated rings. The van der Waals surface area contributed by atoms with Gasteiger partial charge in [-0.1, -0.05) is 27.5 Å². The molecule has 1 aliphatic heterocycles. The molecule has 144 valence electrons. The monoisotopic (exact) mass is 478 g/mol. The average Bonchev–Trinajstić information content (AvgIpc) is 2.63. The highest BCUT2D eigenvalue weighted by atomic mass is 79.9. The van der Waals surface area contributed by atoms with E-state index in [4.69, 9.17) is 11.6 Å². The molecular formula is C17H14BrClF2N2O3S. The summed E-state index contributed by atoms with van der Waals surface area (Å²) in [7, 11) is -4.12. The van der Waals surface area contributed by atoms with Crippen LogP contribution in [-0.2, 0) is 10.0 Å². The lowest BCUT2D eigenvalue weighted by molar-refractivity contribution is 0.0698. The Kier molecular flexibility index (Phi) is 5.85. The number of halogens is 4. The summed E-state index contributed by atoms with van der Waals surface area (Å²) >= 11 is 9.36. The number of piperazine rings is 1. The lowest BCUT2D eigenvalue weighted by atomic mass is 10.2. The lowest BCUT2D eigenvalue weighted by Gasteiger charge is -2.34. The van der Waals surface area contributed by atoms with E-state index < -0.39 is 26.6 Å². The summed E-state index contributed by atoms with van der Waals surface area (Å²) in [5, 5.41) is 0.298.